The predicted molar refractivity (Wildman–Crippen MR) is 95.6 cm³/mol. The van der Waals surface area contributed by atoms with Crippen LogP contribution in [-0.2, 0) is 17.9 Å². The molecular weight excluding hydrogens is 300 g/mol. The zero-order valence-electron chi connectivity index (χ0n) is 15.7. The van der Waals surface area contributed by atoms with E-state index in [2.05, 4.69) is 34.9 Å². The van der Waals surface area contributed by atoms with Crippen molar-refractivity contribution in [2.75, 3.05) is 19.6 Å². The number of aromatic nitrogens is 2. The summed E-state index contributed by atoms with van der Waals surface area (Å²) in [5.74, 6) is 1.08. The van der Waals surface area contributed by atoms with E-state index in [0.29, 0.717) is 17.9 Å². The first-order valence-electron chi connectivity index (χ1n) is 9.55. The molecule has 0 aromatic carbocycles. The highest BCUT2D eigenvalue weighted by Crippen LogP contribution is 2.32. The van der Waals surface area contributed by atoms with E-state index in [-0.39, 0.29) is 5.92 Å². The number of nitrogens with zero attached hydrogens (tertiary/aromatic N) is 4. The van der Waals surface area contributed by atoms with Gasteiger partial charge in [0, 0.05) is 49.9 Å². The summed E-state index contributed by atoms with van der Waals surface area (Å²) in [5, 5.41) is 4.59. The van der Waals surface area contributed by atoms with Gasteiger partial charge in [-0.25, -0.2) is 0 Å². The van der Waals surface area contributed by atoms with Gasteiger partial charge < -0.3 is 4.90 Å². The number of piperidine rings is 2. The van der Waals surface area contributed by atoms with Crippen LogP contribution in [0.1, 0.15) is 51.3 Å². The number of carbonyl (C=O) groups excluding carboxylic acids is 1. The summed E-state index contributed by atoms with van der Waals surface area (Å²) in [4.78, 5) is 17.1. The summed E-state index contributed by atoms with van der Waals surface area (Å²) in [6, 6.07) is 0.624. The molecule has 3 heterocycles. The van der Waals surface area contributed by atoms with E-state index in [1.165, 1.54) is 24.9 Å². The number of hydrogen-bond acceptors (Lipinski definition) is 3. The Morgan fingerprint density at radius 2 is 2.12 bits per heavy atom. The van der Waals surface area contributed by atoms with Crippen LogP contribution in [0, 0.1) is 18.8 Å². The van der Waals surface area contributed by atoms with Crippen molar-refractivity contribution in [2.45, 2.75) is 66.1 Å². The van der Waals surface area contributed by atoms with E-state index in [4.69, 9.17) is 0 Å². The summed E-state index contributed by atoms with van der Waals surface area (Å²) in [7, 11) is 0. The van der Waals surface area contributed by atoms with Gasteiger partial charge >= 0.3 is 0 Å². The van der Waals surface area contributed by atoms with Crippen molar-refractivity contribution in [2.24, 2.45) is 11.8 Å². The van der Waals surface area contributed by atoms with Crippen molar-refractivity contribution in [1.82, 2.24) is 19.6 Å². The van der Waals surface area contributed by atoms with E-state index in [9.17, 15) is 4.79 Å². The molecule has 0 radical (unpaired) electrons. The normalized spacial score (nSPS) is 25.1. The first-order chi connectivity index (χ1) is 11.5. The van der Waals surface area contributed by atoms with Gasteiger partial charge in [0.15, 0.2) is 0 Å². The first kappa shape index (κ1) is 17.5. The summed E-state index contributed by atoms with van der Waals surface area (Å²) in [5.41, 5.74) is 2.52. The monoisotopic (exact) mass is 332 g/mol. The third-order valence-corrected chi connectivity index (χ3v) is 5.73. The maximum absolute atomic E-state index is 12.3. The second-order valence-electron chi connectivity index (χ2n) is 7.76. The van der Waals surface area contributed by atoms with Crippen LogP contribution in [0.25, 0.3) is 0 Å². The third kappa shape index (κ3) is 3.51. The Balaban J connectivity index is 1.67. The Labute approximate surface area is 146 Å². The molecule has 0 spiro atoms. The summed E-state index contributed by atoms with van der Waals surface area (Å²) < 4.78 is 2.04. The first-order valence-corrected chi connectivity index (χ1v) is 9.55. The fraction of sp³-hybridized carbons (Fsp3) is 0.789. The topological polar surface area (TPSA) is 41.4 Å². The number of hydrogen-bond donors (Lipinski definition) is 0. The van der Waals surface area contributed by atoms with Gasteiger partial charge in [-0.1, -0.05) is 13.8 Å². The fourth-order valence-electron chi connectivity index (χ4n) is 4.36. The second kappa shape index (κ2) is 7.26. The number of fused-ring (bicyclic) bond motifs is 1. The van der Waals surface area contributed by atoms with Gasteiger partial charge in [-0.3, -0.25) is 14.4 Å². The highest BCUT2D eigenvalue weighted by Gasteiger charge is 2.37. The molecule has 0 N–H and O–H groups in total. The van der Waals surface area contributed by atoms with Gasteiger partial charge in [0.2, 0.25) is 5.91 Å². The van der Waals surface area contributed by atoms with Gasteiger partial charge in [0.05, 0.1) is 5.69 Å². The third-order valence-electron chi connectivity index (χ3n) is 5.73. The Morgan fingerprint density at radius 1 is 1.33 bits per heavy atom. The van der Waals surface area contributed by atoms with E-state index < -0.39 is 0 Å². The minimum atomic E-state index is 0.115. The molecule has 5 heteroatoms. The average molecular weight is 332 g/mol. The van der Waals surface area contributed by atoms with Crippen LogP contribution in [0.5, 0.6) is 0 Å². The number of rotatable bonds is 4. The molecule has 1 aromatic rings. The Kier molecular flexibility index (Phi) is 5.28. The highest BCUT2D eigenvalue weighted by atomic mass is 16.2. The van der Waals surface area contributed by atoms with Gasteiger partial charge in [0.25, 0.3) is 0 Å². The van der Waals surface area contributed by atoms with Crippen LogP contribution in [0.2, 0.25) is 0 Å². The summed E-state index contributed by atoms with van der Waals surface area (Å²) in [6.45, 7) is 13.3. The van der Waals surface area contributed by atoms with Crippen molar-refractivity contribution in [3.05, 3.63) is 17.5 Å². The smallest absolute Gasteiger partial charge is 0.225 e. The molecule has 2 atom stereocenters. The molecule has 134 valence electrons. The lowest BCUT2D eigenvalue weighted by Crippen LogP contribution is -2.55. The lowest BCUT2D eigenvalue weighted by Gasteiger charge is -2.47. The zero-order valence-corrected chi connectivity index (χ0v) is 15.7. The minimum absolute atomic E-state index is 0.115. The van der Waals surface area contributed by atoms with Crippen LogP contribution < -0.4 is 0 Å². The maximum atomic E-state index is 12.3. The van der Waals surface area contributed by atoms with Crippen LogP contribution in [0.3, 0.4) is 0 Å². The Morgan fingerprint density at radius 3 is 2.79 bits per heavy atom. The van der Waals surface area contributed by atoms with Crippen LogP contribution >= 0.6 is 0 Å². The molecule has 5 nitrogen and oxygen atoms in total. The molecule has 2 aliphatic heterocycles. The second-order valence-corrected chi connectivity index (χ2v) is 7.76. The molecule has 1 amide bonds. The van der Waals surface area contributed by atoms with Gasteiger partial charge in [-0.05, 0) is 45.6 Å². The van der Waals surface area contributed by atoms with Crippen molar-refractivity contribution in [3.8, 4) is 0 Å². The number of aryl methyl sites for hydroxylation is 2. The van der Waals surface area contributed by atoms with E-state index in [1.54, 1.807) is 0 Å². The molecule has 2 aliphatic rings. The van der Waals surface area contributed by atoms with Gasteiger partial charge in [-0.15, -0.1) is 0 Å². The summed E-state index contributed by atoms with van der Waals surface area (Å²) in [6.07, 6.45) is 5.82. The Bertz CT molecular complexity index is 580. The van der Waals surface area contributed by atoms with E-state index in [0.717, 1.165) is 38.3 Å². The van der Waals surface area contributed by atoms with Crippen molar-refractivity contribution < 1.29 is 4.79 Å². The lowest BCUT2D eigenvalue weighted by molar-refractivity contribution is -0.138. The van der Waals surface area contributed by atoms with Crippen molar-refractivity contribution in [3.63, 3.8) is 0 Å². The number of carbonyl (C=O) groups is 1. The van der Waals surface area contributed by atoms with Crippen molar-refractivity contribution >= 4 is 5.91 Å². The lowest BCUT2D eigenvalue weighted by atomic mass is 9.83. The van der Waals surface area contributed by atoms with Crippen molar-refractivity contribution in [1.29, 1.82) is 0 Å². The SMILES string of the molecule is CCn1cc(CN2CCC[C@@H]3CN(C(=O)C(C)C)CC[C@H]32)c(C)n1. The van der Waals surface area contributed by atoms with Crippen LogP contribution in [0.4, 0.5) is 0 Å². The quantitative estimate of drug-likeness (QED) is 0.851. The molecule has 0 aliphatic carbocycles. The molecule has 0 saturated carbocycles. The Hall–Kier alpha value is -1.36. The standard InChI is InChI=1S/C19H32N4O/c1-5-23-13-17(15(4)20-23)12-21-9-6-7-16-11-22(10-8-18(16)21)19(24)14(2)3/h13-14,16,18H,5-12H2,1-4H3/t16-,18-/m1/s1. The maximum Gasteiger partial charge on any atom is 0.225 e. The van der Waals surface area contributed by atoms with Gasteiger partial charge in [0.1, 0.15) is 0 Å². The van der Waals surface area contributed by atoms with E-state index in [1.807, 2.05) is 18.5 Å². The predicted octanol–water partition coefficient (Wildman–Crippen LogP) is 2.68. The molecule has 24 heavy (non-hydrogen) atoms. The molecule has 3 rings (SSSR count). The van der Waals surface area contributed by atoms with Crippen LogP contribution in [0.15, 0.2) is 6.20 Å². The number of amides is 1. The minimum Gasteiger partial charge on any atom is -0.342 e. The molecule has 0 unspecified atom stereocenters. The molecule has 2 saturated heterocycles. The fourth-order valence-corrected chi connectivity index (χ4v) is 4.36. The van der Waals surface area contributed by atoms with Crippen LogP contribution in [-0.4, -0.2) is 51.2 Å². The highest BCUT2D eigenvalue weighted by molar-refractivity contribution is 5.78. The molecule has 1 aromatic heterocycles. The van der Waals surface area contributed by atoms with E-state index >= 15 is 0 Å². The summed E-state index contributed by atoms with van der Waals surface area (Å²) >= 11 is 0. The number of likely N-dealkylation sites (tertiary alicyclic amines) is 2. The zero-order chi connectivity index (χ0) is 17.3. The molecule has 0 bridgehead atoms. The largest absolute Gasteiger partial charge is 0.342 e. The molecular formula is C19H32N4O. The average Bonchev–Trinajstić information content (AvgIpc) is 2.94. The molecule has 2 fully saturated rings. The van der Waals surface area contributed by atoms with Gasteiger partial charge in [-0.2, -0.15) is 5.10 Å².